The van der Waals surface area contributed by atoms with Crippen LogP contribution in [0.25, 0.3) is 0 Å². The lowest BCUT2D eigenvalue weighted by Crippen LogP contribution is -2.32. The van der Waals surface area contributed by atoms with Crippen molar-refractivity contribution < 1.29 is 4.79 Å². The number of amides is 2. The fourth-order valence-corrected chi connectivity index (χ4v) is 0.307. The van der Waals surface area contributed by atoms with Crippen LogP contribution in [0.3, 0.4) is 0 Å². The topological polar surface area (TPSA) is 56.7 Å². The summed E-state index contributed by atoms with van der Waals surface area (Å²) in [5, 5.41) is 0. The lowest BCUT2D eigenvalue weighted by molar-refractivity contribution is 0.246. The van der Waals surface area contributed by atoms with Crippen LogP contribution in [0.1, 0.15) is 0 Å². The van der Waals surface area contributed by atoms with Crippen LogP contribution in [0, 0.1) is 0 Å². The number of carbonyl (C=O) groups is 1. The molecule has 0 fully saturated rings. The Balaban J connectivity index is 3.56. The standard InChI is InChI=1S/C5H12N4O/c1-6-8-5(10)7-4-9(2)3/h4,6H,1-3H3,(H,8,10)/b7-4+. The Morgan fingerprint density at radius 2 is 2.20 bits per heavy atom. The Labute approximate surface area is 60.1 Å². The van der Waals surface area contributed by atoms with Crippen molar-refractivity contribution in [1.82, 2.24) is 15.8 Å². The van der Waals surface area contributed by atoms with E-state index in [9.17, 15) is 4.79 Å². The molecule has 0 aliphatic heterocycles. The molecule has 0 heterocycles. The minimum atomic E-state index is -0.406. The number of carbonyl (C=O) groups excluding carboxylic acids is 1. The van der Waals surface area contributed by atoms with Gasteiger partial charge in [0.25, 0.3) is 0 Å². The molecule has 0 unspecified atom stereocenters. The van der Waals surface area contributed by atoms with Gasteiger partial charge in [-0.2, -0.15) is 4.99 Å². The number of hydrazine groups is 1. The van der Waals surface area contributed by atoms with Crippen molar-refractivity contribution in [3.8, 4) is 0 Å². The first-order chi connectivity index (χ1) is 4.66. The first-order valence-corrected chi connectivity index (χ1v) is 2.84. The van der Waals surface area contributed by atoms with E-state index in [0.717, 1.165) is 0 Å². The van der Waals surface area contributed by atoms with Gasteiger partial charge in [0.15, 0.2) is 0 Å². The number of nitrogens with one attached hydrogen (secondary N) is 2. The van der Waals surface area contributed by atoms with Crippen LogP contribution in [0.2, 0.25) is 0 Å². The third kappa shape index (κ3) is 5.04. The summed E-state index contributed by atoms with van der Waals surface area (Å²) < 4.78 is 0. The average Bonchev–Trinajstić information content (AvgIpc) is 1.85. The van der Waals surface area contributed by atoms with E-state index < -0.39 is 6.03 Å². The summed E-state index contributed by atoms with van der Waals surface area (Å²) in [5.74, 6) is 0. The SMILES string of the molecule is CNNC(=O)/N=C/N(C)C. The maximum Gasteiger partial charge on any atom is 0.356 e. The maximum absolute atomic E-state index is 10.5. The highest BCUT2D eigenvalue weighted by Gasteiger charge is 1.89. The zero-order valence-corrected chi connectivity index (χ0v) is 6.38. The fourth-order valence-electron chi connectivity index (χ4n) is 0.307. The van der Waals surface area contributed by atoms with E-state index in [2.05, 4.69) is 15.8 Å². The Hall–Kier alpha value is -1.10. The summed E-state index contributed by atoms with van der Waals surface area (Å²) in [4.78, 5) is 15.7. The largest absolute Gasteiger partial charge is 0.369 e. The first kappa shape index (κ1) is 8.90. The van der Waals surface area contributed by atoms with Crippen LogP contribution in [0.4, 0.5) is 4.79 Å². The van der Waals surface area contributed by atoms with Gasteiger partial charge in [0, 0.05) is 21.1 Å². The highest BCUT2D eigenvalue weighted by molar-refractivity contribution is 5.82. The van der Waals surface area contributed by atoms with Crippen molar-refractivity contribution in [2.45, 2.75) is 0 Å². The normalized spacial score (nSPS) is 9.90. The molecular weight excluding hydrogens is 132 g/mol. The lowest BCUT2D eigenvalue weighted by Gasteiger charge is -2.01. The Bertz CT molecular complexity index is 132. The Morgan fingerprint density at radius 1 is 1.60 bits per heavy atom. The summed E-state index contributed by atoms with van der Waals surface area (Å²) in [5.41, 5.74) is 4.75. The highest BCUT2D eigenvalue weighted by Crippen LogP contribution is 1.70. The van der Waals surface area contributed by atoms with Gasteiger partial charge in [0.05, 0.1) is 6.34 Å². The second-order valence-corrected chi connectivity index (χ2v) is 1.89. The van der Waals surface area contributed by atoms with Gasteiger partial charge >= 0.3 is 6.03 Å². The van der Waals surface area contributed by atoms with E-state index in [1.807, 2.05) is 0 Å². The van der Waals surface area contributed by atoms with E-state index in [1.54, 1.807) is 26.0 Å². The molecule has 0 spiro atoms. The molecule has 0 rings (SSSR count). The fraction of sp³-hybridized carbons (Fsp3) is 0.600. The molecule has 2 N–H and O–H groups in total. The van der Waals surface area contributed by atoms with Crippen LogP contribution < -0.4 is 10.9 Å². The smallest absolute Gasteiger partial charge is 0.356 e. The molecule has 0 aliphatic rings. The second kappa shape index (κ2) is 4.75. The lowest BCUT2D eigenvalue weighted by atomic mass is 10.9. The zero-order chi connectivity index (χ0) is 7.98. The van der Waals surface area contributed by atoms with Crippen molar-refractivity contribution in [1.29, 1.82) is 0 Å². The summed E-state index contributed by atoms with van der Waals surface area (Å²) in [7, 11) is 5.18. The number of urea groups is 1. The quantitative estimate of drug-likeness (QED) is 0.310. The molecule has 0 saturated heterocycles. The zero-order valence-electron chi connectivity index (χ0n) is 6.38. The Morgan fingerprint density at radius 3 is 2.60 bits per heavy atom. The highest BCUT2D eigenvalue weighted by atomic mass is 16.2. The summed E-state index contributed by atoms with van der Waals surface area (Å²) >= 11 is 0. The number of rotatable bonds is 2. The van der Waals surface area contributed by atoms with Gasteiger partial charge in [0.1, 0.15) is 0 Å². The van der Waals surface area contributed by atoms with E-state index in [0.29, 0.717) is 0 Å². The van der Waals surface area contributed by atoms with E-state index >= 15 is 0 Å². The van der Waals surface area contributed by atoms with Crippen LogP contribution in [0.15, 0.2) is 4.99 Å². The summed E-state index contributed by atoms with van der Waals surface area (Å²) in [6.07, 6.45) is 1.42. The monoisotopic (exact) mass is 144 g/mol. The minimum absolute atomic E-state index is 0.406. The molecule has 58 valence electrons. The summed E-state index contributed by atoms with van der Waals surface area (Å²) in [6, 6.07) is -0.406. The molecule has 0 aliphatic carbocycles. The van der Waals surface area contributed by atoms with Crippen molar-refractivity contribution in [2.75, 3.05) is 21.1 Å². The van der Waals surface area contributed by atoms with Gasteiger partial charge in [-0.15, -0.1) is 0 Å². The molecule has 5 heteroatoms. The maximum atomic E-state index is 10.5. The van der Waals surface area contributed by atoms with Crippen LogP contribution in [-0.2, 0) is 0 Å². The molecular formula is C5H12N4O. The van der Waals surface area contributed by atoms with Crippen molar-refractivity contribution in [3.63, 3.8) is 0 Å². The molecule has 2 amide bonds. The number of aliphatic imine (C=N–C) groups is 1. The van der Waals surface area contributed by atoms with Gasteiger partial charge in [-0.1, -0.05) is 0 Å². The predicted molar refractivity (Wildman–Crippen MR) is 39.8 cm³/mol. The van der Waals surface area contributed by atoms with Crippen LogP contribution >= 0.6 is 0 Å². The molecule has 0 radical (unpaired) electrons. The van der Waals surface area contributed by atoms with Gasteiger partial charge in [-0.3, -0.25) is 5.43 Å². The van der Waals surface area contributed by atoms with Crippen LogP contribution in [0.5, 0.6) is 0 Å². The second-order valence-electron chi connectivity index (χ2n) is 1.89. The third-order valence-corrected chi connectivity index (χ3v) is 0.638. The molecule has 0 aromatic carbocycles. The van der Waals surface area contributed by atoms with Gasteiger partial charge in [0.2, 0.25) is 0 Å². The van der Waals surface area contributed by atoms with E-state index in [1.165, 1.54) is 6.34 Å². The predicted octanol–water partition coefficient (Wildman–Crippen LogP) is -0.580. The molecule has 0 aromatic rings. The molecule has 10 heavy (non-hydrogen) atoms. The number of hydrogen-bond acceptors (Lipinski definition) is 2. The number of nitrogens with zero attached hydrogens (tertiary/aromatic N) is 2. The average molecular weight is 144 g/mol. The first-order valence-electron chi connectivity index (χ1n) is 2.84. The van der Waals surface area contributed by atoms with Gasteiger partial charge in [-0.25, -0.2) is 10.2 Å². The molecule has 0 atom stereocenters. The van der Waals surface area contributed by atoms with E-state index in [-0.39, 0.29) is 0 Å². The molecule has 0 bridgehead atoms. The van der Waals surface area contributed by atoms with Crippen molar-refractivity contribution in [3.05, 3.63) is 0 Å². The number of hydrogen-bond donors (Lipinski definition) is 2. The van der Waals surface area contributed by atoms with Gasteiger partial charge in [-0.05, 0) is 0 Å². The molecule has 5 nitrogen and oxygen atoms in total. The molecule has 0 aromatic heterocycles. The van der Waals surface area contributed by atoms with Crippen molar-refractivity contribution in [2.24, 2.45) is 4.99 Å². The Kier molecular flexibility index (Phi) is 4.23. The van der Waals surface area contributed by atoms with E-state index in [4.69, 9.17) is 0 Å². The summed E-state index contributed by atoms with van der Waals surface area (Å²) in [6.45, 7) is 0. The van der Waals surface area contributed by atoms with Crippen LogP contribution in [-0.4, -0.2) is 38.4 Å². The van der Waals surface area contributed by atoms with Crippen molar-refractivity contribution >= 4 is 12.4 Å². The third-order valence-electron chi connectivity index (χ3n) is 0.638. The minimum Gasteiger partial charge on any atom is -0.369 e. The molecule has 0 saturated carbocycles. The van der Waals surface area contributed by atoms with Gasteiger partial charge < -0.3 is 4.90 Å².